The van der Waals surface area contributed by atoms with E-state index in [2.05, 4.69) is 0 Å². The van der Waals surface area contributed by atoms with Gasteiger partial charge in [0.2, 0.25) is 0 Å². The van der Waals surface area contributed by atoms with E-state index in [0.717, 1.165) is 12.8 Å². The number of nitrogens with zero attached hydrogens (tertiary/aromatic N) is 1. The molecule has 0 aromatic heterocycles. The van der Waals surface area contributed by atoms with Gasteiger partial charge in [-0.2, -0.15) is 0 Å². The molecule has 5 heteroatoms. The fraction of sp³-hybridized carbons (Fsp3) is 0.556. The SMILES string of the molecule is CC(C)(C)OC(=O)N1CCCC1C1Cc2c(F)cccc2C1=O. The summed E-state index contributed by atoms with van der Waals surface area (Å²) in [6, 6.07) is 4.42. The van der Waals surface area contributed by atoms with E-state index >= 15 is 0 Å². The molecule has 1 aliphatic carbocycles. The molecule has 0 spiro atoms. The molecule has 1 fully saturated rings. The van der Waals surface area contributed by atoms with E-state index in [1.54, 1.807) is 17.0 Å². The molecule has 4 nitrogen and oxygen atoms in total. The highest BCUT2D eigenvalue weighted by atomic mass is 19.1. The first kappa shape index (κ1) is 16.0. The van der Waals surface area contributed by atoms with Crippen LogP contribution in [0, 0.1) is 11.7 Å². The molecule has 2 unspecified atom stereocenters. The van der Waals surface area contributed by atoms with Gasteiger partial charge in [-0.1, -0.05) is 12.1 Å². The van der Waals surface area contributed by atoms with Gasteiger partial charge in [-0.05, 0) is 51.7 Å². The highest BCUT2D eigenvalue weighted by molar-refractivity contribution is 6.03. The van der Waals surface area contributed by atoms with Crippen LogP contribution in [0.5, 0.6) is 0 Å². The number of rotatable bonds is 1. The summed E-state index contributed by atoms with van der Waals surface area (Å²) in [5.74, 6) is -0.753. The van der Waals surface area contributed by atoms with E-state index in [4.69, 9.17) is 4.74 Å². The van der Waals surface area contributed by atoms with Gasteiger partial charge in [0.05, 0.1) is 0 Å². The molecule has 2 aliphatic rings. The quantitative estimate of drug-likeness (QED) is 0.795. The number of fused-ring (bicyclic) bond motifs is 1. The lowest BCUT2D eigenvalue weighted by Crippen LogP contribution is -2.44. The minimum absolute atomic E-state index is 0.0556. The predicted octanol–water partition coefficient (Wildman–Crippen LogP) is 3.58. The van der Waals surface area contributed by atoms with Gasteiger partial charge in [0, 0.05) is 24.1 Å². The molecule has 23 heavy (non-hydrogen) atoms. The Hall–Kier alpha value is -1.91. The van der Waals surface area contributed by atoms with Gasteiger partial charge in [-0.15, -0.1) is 0 Å². The Labute approximate surface area is 135 Å². The molecule has 3 rings (SSSR count). The number of Topliss-reactive ketones (excluding diaryl/α,β-unsaturated/α-hetero) is 1. The average molecular weight is 319 g/mol. The maximum absolute atomic E-state index is 13.9. The van der Waals surface area contributed by atoms with E-state index in [1.807, 2.05) is 20.8 Å². The number of likely N-dealkylation sites (tertiary alicyclic amines) is 1. The van der Waals surface area contributed by atoms with Gasteiger partial charge in [-0.3, -0.25) is 4.79 Å². The molecular formula is C18H22FNO3. The first-order valence-corrected chi connectivity index (χ1v) is 8.09. The number of ketones is 1. The number of carbonyl (C=O) groups is 2. The molecule has 1 heterocycles. The molecule has 1 amide bonds. The largest absolute Gasteiger partial charge is 0.444 e. The number of hydrogen-bond acceptors (Lipinski definition) is 3. The van der Waals surface area contributed by atoms with Crippen molar-refractivity contribution in [2.24, 2.45) is 5.92 Å². The number of halogens is 1. The zero-order valence-corrected chi connectivity index (χ0v) is 13.8. The first-order valence-electron chi connectivity index (χ1n) is 8.09. The number of benzene rings is 1. The minimum atomic E-state index is -0.570. The Morgan fingerprint density at radius 2 is 2.09 bits per heavy atom. The molecule has 1 aliphatic heterocycles. The van der Waals surface area contributed by atoms with Crippen LogP contribution >= 0.6 is 0 Å². The highest BCUT2D eigenvalue weighted by Gasteiger charge is 2.44. The zero-order chi connectivity index (χ0) is 16.8. The van der Waals surface area contributed by atoms with Crippen molar-refractivity contribution in [3.8, 4) is 0 Å². The van der Waals surface area contributed by atoms with E-state index in [9.17, 15) is 14.0 Å². The van der Waals surface area contributed by atoms with Crippen LogP contribution in [0.25, 0.3) is 0 Å². The Balaban J connectivity index is 1.81. The normalized spacial score (nSPS) is 24.0. The number of hydrogen-bond donors (Lipinski definition) is 0. The van der Waals surface area contributed by atoms with Gasteiger partial charge in [-0.25, -0.2) is 9.18 Å². The van der Waals surface area contributed by atoms with Gasteiger partial charge >= 0.3 is 6.09 Å². The second kappa shape index (κ2) is 5.62. The molecule has 0 radical (unpaired) electrons. The van der Waals surface area contributed by atoms with Gasteiger partial charge in [0.1, 0.15) is 11.4 Å². The van der Waals surface area contributed by atoms with E-state index < -0.39 is 5.60 Å². The molecule has 0 saturated carbocycles. The zero-order valence-electron chi connectivity index (χ0n) is 13.8. The lowest BCUT2D eigenvalue weighted by molar-refractivity contribution is 0.0185. The van der Waals surface area contributed by atoms with Crippen molar-refractivity contribution in [1.82, 2.24) is 4.90 Å². The van der Waals surface area contributed by atoms with Crippen molar-refractivity contribution in [2.75, 3.05) is 6.54 Å². The summed E-state index contributed by atoms with van der Waals surface area (Å²) in [6.07, 6.45) is 1.58. The van der Waals surface area contributed by atoms with Crippen LogP contribution in [-0.2, 0) is 11.2 Å². The summed E-state index contributed by atoms with van der Waals surface area (Å²) in [5, 5.41) is 0. The van der Waals surface area contributed by atoms with Crippen molar-refractivity contribution in [3.63, 3.8) is 0 Å². The van der Waals surface area contributed by atoms with Crippen LogP contribution in [-0.4, -0.2) is 35.0 Å². The summed E-state index contributed by atoms with van der Waals surface area (Å²) in [4.78, 5) is 26.7. The Kier molecular flexibility index (Phi) is 3.90. The van der Waals surface area contributed by atoms with Crippen molar-refractivity contribution < 1.29 is 18.7 Å². The Morgan fingerprint density at radius 3 is 2.74 bits per heavy atom. The van der Waals surface area contributed by atoms with Gasteiger partial charge < -0.3 is 9.64 Å². The fourth-order valence-corrected chi connectivity index (χ4v) is 3.58. The predicted molar refractivity (Wildman–Crippen MR) is 83.9 cm³/mol. The molecule has 2 atom stereocenters. The number of ether oxygens (including phenoxy) is 1. The Morgan fingerprint density at radius 1 is 1.35 bits per heavy atom. The third-order valence-electron chi connectivity index (χ3n) is 4.54. The maximum Gasteiger partial charge on any atom is 0.410 e. The number of amides is 1. The third-order valence-corrected chi connectivity index (χ3v) is 4.54. The lowest BCUT2D eigenvalue weighted by Gasteiger charge is -2.31. The molecule has 0 bridgehead atoms. The van der Waals surface area contributed by atoms with Crippen LogP contribution < -0.4 is 0 Å². The summed E-state index contributed by atoms with van der Waals surface area (Å²) in [5.41, 5.74) is 0.378. The highest BCUT2D eigenvalue weighted by Crippen LogP contribution is 2.36. The second-order valence-corrected chi connectivity index (χ2v) is 7.32. The lowest BCUT2D eigenvalue weighted by atomic mass is 9.93. The molecule has 1 aromatic carbocycles. The molecule has 1 saturated heterocycles. The van der Waals surface area contributed by atoms with Crippen LogP contribution in [0.15, 0.2) is 18.2 Å². The van der Waals surface area contributed by atoms with Crippen molar-refractivity contribution >= 4 is 11.9 Å². The summed E-state index contributed by atoms with van der Waals surface area (Å²) in [6.45, 7) is 6.05. The third kappa shape index (κ3) is 2.96. The standard InChI is InChI=1S/C18H22FNO3/c1-18(2,3)23-17(22)20-9-5-8-15(20)13-10-12-11(16(13)21)6-4-7-14(12)19/h4,6-7,13,15H,5,8-10H2,1-3H3. The van der Waals surface area contributed by atoms with Crippen LogP contribution in [0.4, 0.5) is 9.18 Å². The fourth-order valence-electron chi connectivity index (χ4n) is 3.58. The van der Waals surface area contributed by atoms with Crippen molar-refractivity contribution in [1.29, 1.82) is 0 Å². The topological polar surface area (TPSA) is 46.6 Å². The average Bonchev–Trinajstić information content (AvgIpc) is 3.03. The molecule has 0 N–H and O–H groups in total. The van der Waals surface area contributed by atoms with Crippen LogP contribution in [0.3, 0.4) is 0 Å². The Bertz CT molecular complexity index is 650. The minimum Gasteiger partial charge on any atom is -0.444 e. The van der Waals surface area contributed by atoms with Crippen molar-refractivity contribution in [3.05, 3.63) is 35.1 Å². The molecular weight excluding hydrogens is 297 g/mol. The smallest absolute Gasteiger partial charge is 0.410 e. The number of carbonyl (C=O) groups excluding carboxylic acids is 2. The maximum atomic E-state index is 13.9. The van der Waals surface area contributed by atoms with Gasteiger partial charge in [0.15, 0.2) is 5.78 Å². The molecule has 1 aromatic rings. The van der Waals surface area contributed by atoms with Crippen LogP contribution in [0.2, 0.25) is 0 Å². The van der Waals surface area contributed by atoms with E-state index in [-0.39, 0.29) is 29.7 Å². The summed E-state index contributed by atoms with van der Waals surface area (Å²) >= 11 is 0. The second-order valence-electron chi connectivity index (χ2n) is 7.32. The van der Waals surface area contributed by atoms with Crippen LogP contribution in [0.1, 0.15) is 49.5 Å². The molecule has 124 valence electrons. The first-order chi connectivity index (χ1) is 10.8. The van der Waals surface area contributed by atoms with Gasteiger partial charge in [0.25, 0.3) is 0 Å². The van der Waals surface area contributed by atoms with E-state index in [1.165, 1.54) is 6.07 Å². The summed E-state index contributed by atoms with van der Waals surface area (Å²) in [7, 11) is 0. The van der Waals surface area contributed by atoms with Crippen molar-refractivity contribution in [2.45, 2.75) is 51.7 Å². The van der Waals surface area contributed by atoms with E-state index in [0.29, 0.717) is 24.1 Å². The monoisotopic (exact) mass is 319 g/mol. The summed E-state index contributed by atoms with van der Waals surface area (Å²) < 4.78 is 19.4.